The zero-order valence-electron chi connectivity index (χ0n) is 9.97. The summed E-state index contributed by atoms with van der Waals surface area (Å²) in [5.74, 6) is -0.511. The van der Waals surface area contributed by atoms with Gasteiger partial charge in [0.15, 0.2) is 0 Å². The molecule has 1 aromatic carbocycles. The minimum Gasteiger partial charge on any atom is -0.333 e. The number of nitriles is 1. The predicted octanol–water partition coefficient (Wildman–Crippen LogP) is 2.62. The maximum absolute atomic E-state index is 12.9. The smallest absolute Gasteiger partial charge is 0.319 e. The highest BCUT2D eigenvalue weighted by molar-refractivity contribution is 5.91. The van der Waals surface area contributed by atoms with Crippen LogP contribution in [0.3, 0.4) is 0 Å². The molecule has 0 fully saturated rings. The van der Waals surface area contributed by atoms with Crippen molar-refractivity contribution in [3.63, 3.8) is 0 Å². The molecule has 90 valence electrons. The van der Waals surface area contributed by atoms with E-state index in [1.165, 1.54) is 12.1 Å². The lowest BCUT2D eigenvalue weighted by Crippen LogP contribution is -2.43. The molecular formula is C12H14FN3O. The fourth-order valence-electron chi connectivity index (χ4n) is 1.21. The first kappa shape index (κ1) is 13.0. The van der Waals surface area contributed by atoms with Crippen LogP contribution in [0.2, 0.25) is 0 Å². The molecule has 0 radical (unpaired) electrons. The van der Waals surface area contributed by atoms with Crippen LogP contribution in [-0.4, -0.2) is 11.6 Å². The summed E-state index contributed by atoms with van der Waals surface area (Å²) in [6.45, 7) is 5.51. The van der Waals surface area contributed by atoms with Crippen LogP contribution in [0.1, 0.15) is 26.3 Å². The third-order valence-corrected chi connectivity index (χ3v) is 1.84. The minimum absolute atomic E-state index is 0.0917. The molecular weight excluding hydrogens is 221 g/mol. The van der Waals surface area contributed by atoms with E-state index in [-0.39, 0.29) is 16.8 Å². The highest BCUT2D eigenvalue weighted by atomic mass is 19.1. The van der Waals surface area contributed by atoms with Gasteiger partial charge in [0.05, 0.1) is 11.3 Å². The Bertz CT molecular complexity index is 472. The molecule has 1 rings (SSSR count). The average Bonchev–Trinajstić information content (AvgIpc) is 2.17. The predicted molar refractivity (Wildman–Crippen MR) is 63.0 cm³/mol. The number of nitrogens with zero attached hydrogens (tertiary/aromatic N) is 1. The van der Waals surface area contributed by atoms with Gasteiger partial charge in [-0.15, -0.1) is 0 Å². The van der Waals surface area contributed by atoms with Crippen molar-refractivity contribution in [1.29, 1.82) is 5.26 Å². The second-order valence-electron chi connectivity index (χ2n) is 4.63. The molecule has 0 saturated carbocycles. The van der Waals surface area contributed by atoms with E-state index in [9.17, 15) is 9.18 Å². The zero-order chi connectivity index (χ0) is 13.1. The van der Waals surface area contributed by atoms with Crippen molar-refractivity contribution >= 4 is 11.7 Å². The molecule has 0 unspecified atom stereocenters. The van der Waals surface area contributed by atoms with Crippen molar-refractivity contribution in [3.05, 3.63) is 29.6 Å². The fraction of sp³-hybridized carbons (Fsp3) is 0.333. The lowest BCUT2D eigenvalue weighted by Gasteiger charge is -2.21. The molecule has 5 heteroatoms. The Morgan fingerprint density at radius 1 is 1.41 bits per heavy atom. The summed E-state index contributed by atoms with van der Waals surface area (Å²) >= 11 is 0. The first-order valence-corrected chi connectivity index (χ1v) is 5.10. The van der Waals surface area contributed by atoms with Gasteiger partial charge in [0.1, 0.15) is 11.9 Å². The normalized spacial score (nSPS) is 10.5. The van der Waals surface area contributed by atoms with Crippen LogP contribution >= 0.6 is 0 Å². The molecule has 0 aliphatic rings. The summed E-state index contributed by atoms with van der Waals surface area (Å²) < 4.78 is 12.9. The van der Waals surface area contributed by atoms with Crippen LogP contribution < -0.4 is 10.6 Å². The van der Waals surface area contributed by atoms with E-state index < -0.39 is 11.8 Å². The van der Waals surface area contributed by atoms with Gasteiger partial charge in [-0.3, -0.25) is 0 Å². The van der Waals surface area contributed by atoms with Crippen molar-refractivity contribution in [2.75, 3.05) is 5.32 Å². The Balaban J connectivity index is 2.83. The second kappa shape index (κ2) is 4.83. The maximum atomic E-state index is 12.9. The molecule has 17 heavy (non-hydrogen) atoms. The molecule has 2 N–H and O–H groups in total. The van der Waals surface area contributed by atoms with Gasteiger partial charge < -0.3 is 10.6 Å². The van der Waals surface area contributed by atoms with E-state index in [1.807, 2.05) is 26.8 Å². The number of urea groups is 1. The largest absolute Gasteiger partial charge is 0.333 e. The number of hydrogen-bond donors (Lipinski definition) is 2. The fourth-order valence-corrected chi connectivity index (χ4v) is 1.21. The standard InChI is InChI=1S/C12H14FN3O/c1-12(2,3)16-11(17)15-10-5-4-9(13)6-8(10)7-14/h4-6H,1-3H3,(H2,15,16,17). The Morgan fingerprint density at radius 3 is 2.59 bits per heavy atom. The molecule has 0 aliphatic carbocycles. The van der Waals surface area contributed by atoms with Gasteiger partial charge in [0.2, 0.25) is 0 Å². The molecule has 0 heterocycles. The topological polar surface area (TPSA) is 64.9 Å². The molecule has 0 atom stereocenters. The van der Waals surface area contributed by atoms with E-state index in [2.05, 4.69) is 10.6 Å². The van der Waals surface area contributed by atoms with Gasteiger partial charge in [-0.05, 0) is 39.0 Å². The summed E-state index contributed by atoms with van der Waals surface area (Å²) in [7, 11) is 0. The Hall–Kier alpha value is -2.09. The van der Waals surface area contributed by atoms with E-state index in [0.29, 0.717) is 0 Å². The number of benzene rings is 1. The summed E-state index contributed by atoms with van der Waals surface area (Å²) in [6.07, 6.45) is 0. The molecule has 0 aliphatic heterocycles. The van der Waals surface area contributed by atoms with E-state index in [0.717, 1.165) is 6.07 Å². The number of nitrogens with one attached hydrogen (secondary N) is 2. The Labute approximate surface area is 99.4 Å². The number of amides is 2. The molecule has 1 aromatic rings. The van der Waals surface area contributed by atoms with Crippen molar-refractivity contribution in [1.82, 2.24) is 5.32 Å². The molecule has 0 saturated heterocycles. The van der Waals surface area contributed by atoms with Crippen molar-refractivity contribution in [3.8, 4) is 6.07 Å². The lowest BCUT2D eigenvalue weighted by molar-refractivity contribution is 0.244. The van der Waals surface area contributed by atoms with E-state index in [4.69, 9.17) is 5.26 Å². The molecule has 4 nitrogen and oxygen atoms in total. The number of halogens is 1. The van der Waals surface area contributed by atoms with Gasteiger partial charge >= 0.3 is 6.03 Å². The summed E-state index contributed by atoms with van der Waals surface area (Å²) in [5.41, 5.74) is 0.00131. The van der Waals surface area contributed by atoms with Crippen LogP contribution in [0.15, 0.2) is 18.2 Å². The summed E-state index contributed by atoms with van der Waals surface area (Å²) in [5, 5.41) is 14.0. The van der Waals surface area contributed by atoms with Crippen molar-refractivity contribution in [2.45, 2.75) is 26.3 Å². The molecule has 0 aromatic heterocycles. The third-order valence-electron chi connectivity index (χ3n) is 1.84. The van der Waals surface area contributed by atoms with E-state index in [1.54, 1.807) is 0 Å². The highest BCUT2D eigenvalue weighted by Crippen LogP contribution is 2.16. The van der Waals surface area contributed by atoms with Crippen LogP contribution in [0, 0.1) is 17.1 Å². The van der Waals surface area contributed by atoms with Crippen LogP contribution in [0.25, 0.3) is 0 Å². The third kappa shape index (κ3) is 4.11. The first-order valence-electron chi connectivity index (χ1n) is 5.10. The number of anilines is 1. The average molecular weight is 235 g/mol. The van der Waals surface area contributed by atoms with Crippen LogP contribution in [-0.2, 0) is 0 Å². The SMILES string of the molecule is CC(C)(C)NC(=O)Nc1ccc(F)cc1C#N. The van der Waals surface area contributed by atoms with Gasteiger partial charge in [0, 0.05) is 5.54 Å². The van der Waals surface area contributed by atoms with Crippen molar-refractivity contribution in [2.24, 2.45) is 0 Å². The lowest BCUT2D eigenvalue weighted by atomic mass is 10.1. The monoisotopic (exact) mass is 235 g/mol. The van der Waals surface area contributed by atoms with Gasteiger partial charge in [-0.1, -0.05) is 0 Å². The summed E-state index contributed by atoms with van der Waals surface area (Å²) in [6, 6.07) is 5.01. The number of hydrogen-bond acceptors (Lipinski definition) is 2. The highest BCUT2D eigenvalue weighted by Gasteiger charge is 2.14. The van der Waals surface area contributed by atoms with Crippen LogP contribution in [0.5, 0.6) is 0 Å². The Morgan fingerprint density at radius 2 is 2.06 bits per heavy atom. The van der Waals surface area contributed by atoms with Gasteiger partial charge in [-0.25, -0.2) is 9.18 Å². The minimum atomic E-state index is -0.511. The summed E-state index contributed by atoms with van der Waals surface area (Å²) in [4.78, 5) is 11.6. The van der Waals surface area contributed by atoms with Crippen LogP contribution in [0.4, 0.5) is 14.9 Å². The first-order chi connectivity index (χ1) is 7.81. The number of rotatable bonds is 1. The van der Waals surface area contributed by atoms with Crippen molar-refractivity contribution < 1.29 is 9.18 Å². The quantitative estimate of drug-likeness (QED) is 0.785. The zero-order valence-corrected chi connectivity index (χ0v) is 9.97. The molecule has 2 amide bonds. The molecule has 0 spiro atoms. The number of carbonyl (C=O) groups excluding carboxylic acids is 1. The maximum Gasteiger partial charge on any atom is 0.319 e. The van der Waals surface area contributed by atoms with E-state index >= 15 is 0 Å². The molecule has 0 bridgehead atoms. The Kier molecular flexibility index (Phi) is 3.69. The van der Waals surface area contributed by atoms with Gasteiger partial charge in [0.25, 0.3) is 0 Å². The second-order valence-corrected chi connectivity index (χ2v) is 4.63. The number of carbonyl (C=O) groups is 1. The van der Waals surface area contributed by atoms with Gasteiger partial charge in [-0.2, -0.15) is 5.26 Å².